The van der Waals surface area contributed by atoms with Gasteiger partial charge in [-0.2, -0.15) is 4.98 Å². The third-order valence-electron chi connectivity index (χ3n) is 2.52. The quantitative estimate of drug-likeness (QED) is 0.781. The summed E-state index contributed by atoms with van der Waals surface area (Å²) in [5.41, 5.74) is 5.17. The van der Waals surface area contributed by atoms with Gasteiger partial charge in [-0.25, -0.2) is 4.79 Å². The van der Waals surface area contributed by atoms with Gasteiger partial charge in [0.25, 0.3) is 0 Å². The molecule has 1 fully saturated rings. The fraction of sp³-hybridized carbons (Fsp3) is 0.556. The van der Waals surface area contributed by atoms with E-state index in [0.29, 0.717) is 0 Å². The summed E-state index contributed by atoms with van der Waals surface area (Å²) in [6.07, 6.45) is 3.85. The van der Waals surface area contributed by atoms with Crippen LogP contribution in [0.25, 0.3) is 0 Å². The van der Waals surface area contributed by atoms with Crippen molar-refractivity contribution >= 4 is 30.6 Å². The lowest BCUT2D eigenvalue weighted by Crippen LogP contribution is -2.37. The van der Waals surface area contributed by atoms with Crippen LogP contribution < -0.4 is 16.7 Å². The highest BCUT2D eigenvalue weighted by Crippen LogP contribution is 2.13. The zero-order valence-corrected chi connectivity index (χ0v) is 10.4. The van der Waals surface area contributed by atoms with Crippen LogP contribution in [0.4, 0.5) is 5.82 Å². The van der Waals surface area contributed by atoms with E-state index in [1.807, 2.05) is 0 Å². The third kappa shape index (κ3) is 3.37. The number of aromatic nitrogens is 2. The molecule has 1 unspecified atom stereocenters. The van der Waals surface area contributed by atoms with E-state index in [1.165, 1.54) is 0 Å². The van der Waals surface area contributed by atoms with Crippen LogP contribution in [0.3, 0.4) is 0 Å². The Labute approximate surface area is 106 Å². The maximum atomic E-state index is 11.5. The Hall–Kier alpha value is -0.780. The molecular formula is C9H16Cl2N4O. The number of piperidine rings is 1. The van der Waals surface area contributed by atoms with E-state index in [4.69, 9.17) is 5.73 Å². The van der Waals surface area contributed by atoms with Gasteiger partial charge in [0.2, 0.25) is 0 Å². The van der Waals surface area contributed by atoms with Crippen LogP contribution >= 0.6 is 24.8 Å². The highest BCUT2D eigenvalue weighted by atomic mass is 35.5. The standard InChI is InChI=1S/C9H14N4O.2ClH/c10-8-3-5-13(9(14)12-8)7-2-1-4-11-6-7;;/h3,5,7,11H,1-2,4,6H2,(H2,10,12,14);2*1H. The highest BCUT2D eigenvalue weighted by Gasteiger charge is 2.15. The average molecular weight is 267 g/mol. The largest absolute Gasteiger partial charge is 0.383 e. The van der Waals surface area contributed by atoms with Crippen LogP contribution in [-0.2, 0) is 0 Å². The van der Waals surface area contributed by atoms with Crippen molar-refractivity contribution < 1.29 is 0 Å². The van der Waals surface area contributed by atoms with Gasteiger partial charge < -0.3 is 11.1 Å². The fourth-order valence-corrected chi connectivity index (χ4v) is 1.77. The van der Waals surface area contributed by atoms with E-state index in [1.54, 1.807) is 16.8 Å². The van der Waals surface area contributed by atoms with Crippen LogP contribution in [0.2, 0.25) is 0 Å². The second-order valence-electron chi connectivity index (χ2n) is 3.54. The third-order valence-corrected chi connectivity index (χ3v) is 2.52. The van der Waals surface area contributed by atoms with Gasteiger partial charge in [-0.3, -0.25) is 4.57 Å². The summed E-state index contributed by atoms with van der Waals surface area (Å²) in [4.78, 5) is 15.2. The smallest absolute Gasteiger partial charge is 0.349 e. The summed E-state index contributed by atoms with van der Waals surface area (Å²) in [5.74, 6) is 0.287. The van der Waals surface area contributed by atoms with Crippen molar-refractivity contribution in [1.82, 2.24) is 14.9 Å². The van der Waals surface area contributed by atoms with Crippen LogP contribution in [0, 0.1) is 0 Å². The fourth-order valence-electron chi connectivity index (χ4n) is 1.77. The Morgan fingerprint density at radius 2 is 2.25 bits per heavy atom. The first kappa shape index (κ1) is 15.2. The predicted molar refractivity (Wildman–Crippen MR) is 68.5 cm³/mol. The number of nitrogens with two attached hydrogens (primary N) is 1. The molecule has 2 rings (SSSR count). The zero-order chi connectivity index (χ0) is 9.97. The first-order valence-corrected chi connectivity index (χ1v) is 4.83. The molecule has 2 heterocycles. The predicted octanol–water partition coefficient (Wildman–Crippen LogP) is 0.594. The van der Waals surface area contributed by atoms with Crippen molar-refractivity contribution in [2.24, 2.45) is 0 Å². The van der Waals surface area contributed by atoms with Crippen molar-refractivity contribution in [3.8, 4) is 0 Å². The van der Waals surface area contributed by atoms with Gasteiger partial charge in [0.1, 0.15) is 5.82 Å². The summed E-state index contributed by atoms with van der Waals surface area (Å²) in [6.45, 7) is 1.87. The van der Waals surface area contributed by atoms with Gasteiger partial charge in [-0.1, -0.05) is 0 Å². The SMILES string of the molecule is Cl.Cl.Nc1ccn(C2CCCNC2)c(=O)n1. The molecule has 0 radical (unpaired) electrons. The molecule has 0 saturated carbocycles. The van der Waals surface area contributed by atoms with Crippen molar-refractivity contribution in [1.29, 1.82) is 0 Å². The minimum atomic E-state index is -0.251. The maximum Gasteiger partial charge on any atom is 0.349 e. The van der Waals surface area contributed by atoms with Gasteiger partial charge >= 0.3 is 5.69 Å². The molecule has 1 atom stereocenters. The van der Waals surface area contributed by atoms with E-state index < -0.39 is 0 Å². The lowest BCUT2D eigenvalue weighted by atomic mass is 10.1. The Kier molecular flexibility index (Phi) is 6.40. The van der Waals surface area contributed by atoms with Crippen molar-refractivity contribution in [2.45, 2.75) is 18.9 Å². The summed E-state index contributed by atoms with van der Waals surface area (Å²) < 4.78 is 1.66. The second-order valence-corrected chi connectivity index (χ2v) is 3.54. The lowest BCUT2D eigenvalue weighted by Gasteiger charge is -2.24. The molecule has 0 amide bonds. The number of nitrogens with zero attached hydrogens (tertiary/aromatic N) is 2. The molecule has 1 aliphatic rings. The second kappa shape index (κ2) is 6.73. The number of rotatable bonds is 1. The monoisotopic (exact) mass is 266 g/mol. The molecule has 0 aliphatic carbocycles. The number of nitrogens with one attached hydrogen (secondary N) is 1. The molecule has 0 aromatic carbocycles. The maximum absolute atomic E-state index is 11.5. The van der Waals surface area contributed by atoms with Crippen molar-refractivity contribution in [3.63, 3.8) is 0 Å². The van der Waals surface area contributed by atoms with Gasteiger partial charge in [0, 0.05) is 12.7 Å². The molecule has 1 aromatic rings. The molecule has 0 spiro atoms. The van der Waals surface area contributed by atoms with Gasteiger partial charge in [-0.15, -0.1) is 24.8 Å². The molecule has 5 nitrogen and oxygen atoms in total. The number of halogens is 2. The number of hydrogen-bond acceptors (Lipinski definition) is 4. The van der Waals surface area contributed by atoms with E-state index in [-0.39, 0.29) is 42.4 Å². The minimum absolute atomic E-state index is 0. The van der Waals surface area contributed by atoms with Crippen LogP contribution in [-0.4, -0.2) is 22.6 Å². The van der Waals surface area contributed by atoms with E-state index in [2.05, 4.69) is 10.3 Å². The molecule has 16 heavy (non-hydrogen) atoms. The Balaban J connectivity index is 0.00000112. The number of nitrogen functional groups attached to an aromatic ring is 1. The average Bonchev–Trinajstić information content (AvgIpc) is 2.19. The molecule has 3 N–H and O–H groups in total. The number of hydrogen-bond donors (Lipinski definition) is 2. The Bertz CT molecular complexity index is 376. The molecule has 1 aromatic heterocycles. The molecule has 0 bridgehead atoms. The zero-order valence-electron chi connectivity index (χ0n) is 8.76. The Morgan fingerprint density at radius 1 is 1.50 bits per heavy atom. The molecule has 92 valence electrons. The molecular weight excluding hydrogens is 251 g/mol. The first-order valence-electron chi connectivity index (χ1n) is 4.83. The summed E-state index contributed by atoms with van der Waals surface area (Å²) >= 11 is 0. The topological polar surface area (TPSA) is 72.9 Å². The normalized spacial score (nSPS) is 19.4. The summed E-state index contributed by atoms with van der Waals surface area (Å²) in [7, 11) is 0. The highest BCUT2D eigenvalue weighted by molar-refractivity contribution is 5.85. The van der Waals surface area contributed by atoms with E-state index in [9.17, 15) is 4.79 Å². The molecule has 1 saturated heterocycles. The molecule has 1 aliphatic heterocycles. The number of anilines is 1. The van der Waals surface area contributed by atoms with Crippen LogP contribution in [0.5, 0.6) is 0 Å². The minimum Gasteiger partial charge on any atom is -0.383 e. The Morgan fingerprint density at radius 3 is 2.81 bits per heavy atom. The van der Waals surface area contributed by atoms with Crippen LogP contribution in [0.1, 0.15) is 18.9 Å². The van der Waals surface area contributed by atoms with Gasteiger partial charge in [-0.05, 0) is 25.5 Å². The lowest BCUT2D eigenvalue weighted by molar-refractivity contribution is 0.360. The van der Waals surface area contributed by atoms with E-state index in [0.717, 1.165) is 25.9 Å². The van der Waals surface area contributed by atoms with E-state index >= 15 is 0 Å². The van der Waals surface area contributed by atoms with Gasteiger partial charge in [0.15, 0.2) is 0 Å². The van der Waals surface area contributed by atoms with Crippen LogP contribution in [0.15, 0.2) is 17.1 Å². The van der Waals surface area contributed by atoms with Crippen molar-refractivity contribution in [2.75, 3.05) is 18.8 Å². The summed E-state index contributed by atoms with van der Waals surface area (Å²) in [5, 5.41) is 3.26. The summed E-state index contributed by atoms with van der Waals surface area (Å²) in [6, 6.07) is 1.89. The van der Waals surface area contributed by atoms with Crippen molar-refractivity contribution in [3.05, 3.63) is 22.7 Å². The first-order chi connectivity index (χ1) is 6.77. The molecule has 7 heteroatoms. The van der Waals surface area contributed by atoms with Gasteiger partial charge in [0.05, 0.1) is 6.04 Å².